The average molecular weight is 661 g/mol. The van der Waals surface area contributed by atoms with Gasteiger partial charge in [-0.25, -0.2) is 0 Å². The summed E-state index contributed by atoms with van der Waals surface area (Å²) >= 11 is 0. The molecule has 3 aliphatic rings. The largest absolute Gasteiger partial charge is 0.386 e. The third-order valence-corrected chi connectivity index (χ3v) is 12.8. The smallest absolute Gasteiger partial charge is 0.386 e. The van der Waals surface area contributed by atoms with Crippen LogP contribution in [0.25, 0.3) is 97.7 Å². The van der Waals surface area contributed by atoms with Crippen molar-refractivity contribution in [2.45, 2.75) is 5.66 Å². The summed E-state index contributed by atoms with van der Waals surface area (Å²) in [6, 6.07) is 54.0. The van der Waals surface area contributed by atoms with Crippen LogP contribution in [0.4, 0.5) is 0 Å². The van der Waals surface area contributed by atoms with Crippen molar-refractivity contribution < 1.29 is 13.9 Å². The third kappa shape index (κ3) is 2.29. The highest BCUT2D eigenvalue weighted by Crippen LogP contribution is 2.55. The van der Waals surface area contributed by atoms with Crippen LogP contribution < -0.4 is 13.9 Å². The van der Waals surface area contributed by atoms with E-state index in [1.165, 1.54) is 103 Å². The summed E-state index contributed by atoms with van der Waals surface area (Å²) in [5, 5.41) is 17.8. The molecule has 0 fully saturated rings. The highest BCUT2D eigenvalue weighted by atomic mass is 16.5. The van der Waals surface area contributed by atoms with Gasteiger partial charge < -0.3 is 4.74 Å². The van der Waals surface area contributed by atoms with Gasteiger partial charge in [-0.1, -0.05) is 97.1 Å². The first-order valence-corrected chi connectivity index (χ1v) is 18.0. The van der Waals surface area contributed by atoms with E-state index in [2.05, 4.69) is 164 Å². The van der Waals surface area contributed by atoms with Gasteiger partial charge in [0.05, 0.1) is 10.8 Å². The maximum atomic E-state index is 7.05. The molecule has 12 aromatic rings. The van der Waals surface area contributed by atoms with Crippen molar-refractivity contribution in [2.24, 2.45) is 0 Å². The van der Waals surface area contributed by atoms with Crippen LogP contribution in [0.15, 0.2) is 146 Å². The van der Waals surface area contributed by atoms with E-state index in [1.807, 2.05) is 0 Å². The molecule has 0 amide bonds. The quantitative estimate of drug-likeness (QED) is 0.117. The molecule has 6 aromatic heterocycles. The molecule has 0 saturated heterocycles. The van der Waals surface area contributed by atoms with Crippen LogP contribution in [0, 0.1) is 0 Å². The summed E-state index contributed by atoms with van der Waals surface area (Å²) in [6.45, 7) is 0. The molecule has 236 valence electrons. The van der Waals surface area contributed by atoms with Crippen LogP contribution in [0.5, 0.6) is 11.8 Å². The van der Waals surface area contributed by atoms with Crippen molar-refractivity contribution in [1.29, 1.82) is 0 Å². The van der Waals surface area contributed by atoms with Gasteiger partial charge in [0.2, 0.25) is 11.4 Å². The number of pyridine rings is 4. The van der Waals surface area contributed by atoms with E-state index in [0.29, 0.717) is 0 Å². The lowest BCUT2D eigenvalue weighted by atomic mass is 9.91. The summed E-state index contributed by atoms with van der Waals surface area (Å²) in [6.07, 6.45) is 0. The van der Waals surface area contributed by atoms with Crippen molar-refractivity contribution >= 4 is 97.7 Å². The van der Waals surface area contributed by atoms with E-state index in [0.717, 1.165) is 17.4 Å². The number of rotatable bonds is 0. The zero-order chi connectivity index (χ0) is 33.2. The van der Waals surface area contributed by atoms with Crippen LogP contribution >= 0.6 is 0 Å². The minimum atomic E-state index is -0.759. The van der Waals surface area contributed by atoms with Crippen molar-refractivity contribution in [1.82, 2.24) is 8.80 Å². The fraction of sp³-hybridized carbons (Fsp3) is 0.0213. The molecule has 9 heterocycles. The summed E-state index contributed by atoms with van der Waals surface area (Å²) in [4.78, 5) is 0. The Hall–Kier alpha value is -6.98. The maximum Gasteiger partial charge on any atom is 0.386 e. The molecule has 52 heavy (non-hydrogen) atoms. The molecular formula is C47H24N4O+2. The molecule has 0 saturated carbocycles. The predicted octanol–water partition coefficient (Wildman–Crippen LogP) is 10.0. The number of ether oxygens (including phenoxy) is 1. The lowest BCUT2D eigenvalue weighted by Gasteiger charge is -2.27. The molecular weight excluding hydrogens is 637 g/mol. The monoisotopic (exact) mass is 660 g/mol. The Morgan fingerprint density at radius 3 is 1.35 bits per heavy atom. The zero-order valence-electron chi connectivity index (χ0n) is 27.6. The van der Waals surface area contributed by atoms with E-state index in [-0.39, 0.29) is 0 Å². The Kier molecular flexibility index (Phi) is 3.77. The topological polar surface area (TPSA) is 25.8 Å². The molecule has 5 nitrogen and oxygen atoms in total. The maximum absolute atomic E-state index is 7.05. The molecule has 5 heteroatoms. The molecule has 1 atom stereocenters. The van der Waals surface area contributed by atoms with Crippen molar-refractivity contribution in [3.8, 4) is 11.8 Å². The van der Waals surface area contributed by atoms with Gasteiger partial charge in [-0.05, 0) is 57.9 Å². The standard InChI is InChI=1S/C47H24N4O/c1-4-14-28-25(11-1)26-12-2-5-15-29(26)40-39(28)36-22-24-38-51-46(36)49-42(40)32-18-8-10-20-34(32)44(49)47(51)43-33-19-9-7-17-31(33)41-30-16-6-3-13-27(30)35-21-23-37(52-38)50(47)45(35)48(41)43/h1-24H/q+2. The second-order valence-corrected chi connectivity index (χ2v) is 14.8. The molecule has 0 N–H and O–H groups in total. The number of fused-ring (bicyclic) bond motifs is 17. The molecule has 0 bridgehead atoms. The Morgan fingerprint density at radius 2 is 0.750 bits per heavy atom. The number of nitrogens with zero attached hydrogens (tertiary/aromatic N) is 4. The fourth-order valence-electron chi connectivity index (χ4n) is 11.1. The number of aromatic nitrogens is 4. The molecule has 3 aliphatic heterocycles. The van der Waals surface area contributed by atoms with E-state index < -0.39 is 5.66 Å². The predicted molar refractivity (Wildman–Crippen MR) is 207 cm³/mol. The average Bonchev–Trinajstić information content (AvgIpc) is 3.92. The van der Waals surface area contributed by atoms with Gasteiger partial charge >= 0.3 is 17.0 Å². The van der Waals surface area contributed by atoms with Crippen molar-refractivity contribution in [2.75, 3.05) is 0 Å². The van der Waals surface area contributed by atoms with Crippen LogP contribution in [0.2, 0.25) is 0 Å². The highest BCUT2D eigenvalue weighted by Gasteiger charge is 2.70. The Balaban J connectivity index is 1.33. The zero-order valence-corrected chi connectivity index (χ0v) is 27.6. The second-order valence-electron chi connectivity index (χ2n) is 14.8. The molecule has 1 spiro atoms. The lowest BCUT2D eigenvalue weighted by Crippen LogP contribution is -2.74. The third-order valence-electron chi connectivity index (χ3n) is 12.8. The first kappa shape index (κ1) is 25.0. The number of benzene rings is 6. The van der Waals surface area contributed by atoms with Gasteiger partial charge in [0, 0.05) is 55.2 Å². The molecule has 1 unspecified atom stereocenters. The second kappa shape index (κ2) is 7.83. The normalized spacial score (nSPS) is 16.7. The van der Waals surface area contributed by atoms with Gasteiger partial charge in [-0.15, -0.1) is 9.13 Å². The Labute approximate surface area is 293 Å². The lowest BCUT2D eigenvalue weighted by molar-refractivity contribution is -0.958. The molecule has 6 aromatic carbocycles. The summed E-state index contributed by atoms with van der Waals surface area (Å²) in [7, 11) is 0. The van der Waals surface area contributed by atoms with Crippen LogP contribution in [-0.2, 0) is 5.66 Å². The SMILES string of the molecule is c1ccc2c(c1)c1n3c2c2ccccc2c2ccc4[n+](c23)C12c1c3ccccc3c3c5c6ccccc6c6ccccc6c5c5ccc([n+]2c5n13)O4. The Bertz CT molecular complexity index is 3790. The minimum Gasteiger partial charge on any atom is -0.386 e. The molecule has 0 radical (unpaired) electrons. The van der Waals surface area contributed by atoms with Crippen molar-refractivity contribution in [3.05, 3.63) is 157 Å². The van der Waals surface area contributed by atoms with Gasteiger partial charge in [0.15, 0.2) is 0 Å². The molecule has 15 rings (SSSR count). The van der Waals surface area contributed by atoms with E-state index >= 15 is 0 Å². The van der Waals surface area contributed by atoms with E-state index in [9.17, 15) is 0 Å². The van der Waals surface area contributed by atoms with Gasteiger partial charge in [0.1, 0.15) is 11.0 Å². The van der Waals surface area contributed by atoms with Crippen LogP contribution in [0.1, 0.15) is 11.4 Å². The first-order chi connectivity index (χ1) is 25.9. The summed E-state index contributed by atoms with van der Waals surface area (Å²) in [5.41, 5.74) is 6.61. The Morgan fingerprint density at radius 1 is 0.346 bits per heavy atom. The van der Waals surface area contributed by atoms with Crippen LogP contribution in [-0.4, -0.2) is 8.80 Å². The minimum absolute atomic E-state index is 0.759. The number of hydrogen-bond acceptors (Lipinski definition) is 1. The number of hydrogen-bond donors (Lipinski definition) is 0. The van der Waals surface area contributed by atoms with Gasteiger partial charge in [-0.2, -0.15) is 8.80 Å². The van der Waals surface area contributed by atoms with Crippen LogP contribution in [0.3, 0.4) is 0 Å². The summed E-state index contributed by atoms with van der Waals surface area (Å²) < 4.78 is 17.3. The van der Waals surface area contributed by atoms with Gasteiger partial charge in [0.25, 0.3) is 11.8 Å². The molecule has 0 aliphatic carbocycles. The summed E-state index contributed by atoms with van der Waals surface area (Å²) in [5.74, 6) is 1.70. The van der Waals surface area contributed by atoms with Gasteiger partial charge in [-0.3, -0.25) is 0 Å². The van der Waals surface area contributed by atoms with Crippen molar-refractivity contribution in [3.63, 3.8) is 0 Å². The first-order valence-electron chi connectivity index (χ1n) is 18.0. The highest BCUT2D eigenvalue weighted by molar-refractivity contribution is 6.37. The van der Waals surface area contributed by atoms with E-state index in [4.69, 9.17) is 4.74 Å². The fourth-order valence-corrected chi connectivity index (χ4v) is 11.1. The van der Waals surface area contributed by atoms with E-state index in [1.54, 1.807) is 0 Å².